The standard InChI is InChI=1S/C17H26N2O2/c1-20-12-15-6-3-2-5-14(15)9-18-10-17-11-19-8-4-7-16(19)13-21-17/h2-3,5-6,16-18H,4,7-13H2,1H3. The average Bonchev–Trinajstić information content (AvgIpc) is 2.97. The lowest BCUT2D eigenvalue weighted by Crippen LogP contribution is -2.49. The third-order valence-corrected chi connectivity index (χ3v) is 4.57. The summed E-state index contributed by atoms with van der Waals surface area (Å²) in [6, 6.07) is 9.13. The van der Waals surface area contributed by atoms with E-state index in [9.17, 15) is 0 Å². The molecule has 0 saturated carbocycles. The summed E-state index contributed by atoms with van der Waals surface area (Å²) in [6.07, 6.45) is 2.97. The topological polar surface area (TPSA) is 33.7 Å². The lowest BCUT2D eigenvalue weighted by atomic mass is 10.1. The largest absolute Gasteiger partial charge is 0.380 e. The van der Waals surface area contributed by atoms with Crippen molar-refractivity contribution < 1.29 is 9.47 Å². The minimum absolute atomic E-state index is 0.328. The molecule has 2 unspecified atom stereocenters. The van der Waals surface area contributed by atoms with Gasteiger partial charge in [0.15, 0.2) is 0 Å². The fraction of sp³-hybridized carbons (Fsp3) is 0.647. The van der Waals surface area contributed by atoms with Crippen LogP contribution in [0.15, 0.2) is 24.3 Å². The first-order valence-electron chi connectivity index (χ1n) is 7.99. The van der Waals surface area contributed by atoms with Crippen molar-refractivity contribution in [2.24, 2.45) is 0 Å². The molecule has 0 spiro atoms. The van der Waals surface area contributed by atoms with Crippen molar-refractivity contribution >= 4 is 0 Å². The molecule has 1 aromatic carbocycles. The second kappa shape index (κ2) is 7.36. The van der Waals surface area contributed by atoms with Crippen LogP contribution in [0.1, 0.15) is 24.0 Å². The fourth-order valence-electron chi connectivity index (χ4n) is 3.40. The van der Waals surface area contributed by atoms with Crippen LogP contribution in [0.4, 0.5) is 0 Å². The van der Waals surface area contributed by atoms with Gasteiger partial charge in [-0.05, 0) is 30.5 Å². The Morgan fingerprint density at radius 1 is 1.33 bits per heavy atom. The zero-order valence-electron chi connectivity index (χ0n) is 12.9. The van der Waals surface area contributed by atoms with Gasteiger partial charge < -0.3 is 14.8 Å². The zero-order chi connectivity index (χ0) is 14.5. The van der Waals surface area contributed by atoms with Crippen LogP contribution in [0.2, 0.25) is 0 Å². The summed E-state index contributed by atoms with van der Waals surface area (Å²) in [5.41, 5.74) is 2.57. The van der Waals surface area contributed by atoms with E-state index in [4.69, 9.17) is 9.47 Å². The second-order valence-electron chi connectivity index (χ2n) is 6.08. The van der Waals surface area contributed by atoms with Crippen molar-refractivity contribution in [3.8, 4) is 0 Å². The number of nitrogens with zero attached hydrogens (tertiary/aromatic N) is 1. The Bertz CT molecular complexity index is 452. The summed E-state index contributed by atoms with van der Waals surface area (Å²) >= 11 is 0. The third kappa shape index (κ3) is 3.83. The smallest absolute Gasteiger partial charge is 0.0827 e. The molecule has 116 valence electrons. The first-order chi connectivity index (χ1) is 10.4. The number of benzene rings is 1. The zero-order valence-corrected chi connectivity index (χ0v) is 12.9. The normalized spacial score (nSPS) is 26.0. The fourth-order valence-corrected chi connectivity index (χ4v) is 3.40. The lowest BCUT2D eigenvalue weighted by molar-refractivity contribution is -0.0470. The van der Waals surface area contributed by atoms with Crippen LogP contribution in [0, 0.1) is 0 Å². The molecule has 1 N–H and O–H groups in total. The molecule has 0 amide bonds. The average molecular weight is 290 g/mol. The van der Waals surface area contributed by atoms with E-state index in [1.54, 1.807) is 7.11 Å². The van der Waals surface area contributed by atoms with Crippen molar-refractivity contribution in [3.63, 3.8) is 0 Å². The highest BCUT2D eigenvalue weighted by atomic mass is 16.5. The van der Waals surface area contributed by atoms with Crippen LogP contribution in [0.25, 0.3) is 0 Å². The lowest BCUT2D eigenvalue weighted by Gasteiger charge is -2.35. The number of hydrogen-bond acceptors (Lipinski definition) is 4. The van der Waals surface area contributed by atoms with Gasteiger partial charge in [0.25, 0.3) is 0 Å². The van der Waals surface area contributed by atoms with Gasteiger partial charge in [0.1, 0.15) is 0 Å². The molecule has 2 heterocycles. The molecule has 2 aliphatic rings. The van der Waals surface area contributed by atoms with Crippen LogP contribution in [-0.2, 0) is 22.6 Å². The molecule has 0 aromatic heterocycles. The van der Waals surface area contributed by atoms with Crippen molar-refractivity contribution in [2.75, 3.05) is 33.4 Å². The van der Waals surface area contributed by atoms with E-state index in [1.165, 1.54) is 30.5 Å². The van der Waals surface area contributed by atoms with Crippen LogP contribution < -0.4 is 5.32 Å². The molecule has 2 atom stereocenters. The monoisotopic (exact) mass is 290 g/mol. The number of rotatable bonds is 6. The van der Waals surface area contributed by atoms with Crippen LogP contribution in [0.5, 0.6) is 0 Å². The minimum Gasteiger partial charge on any atom is -0.380 e. The molecule has 21 heavy (non-hydrogen) atoms. The Morgan fingerprint density at radius 2 is 2.19 bits per heavy atom. The summed E-state index contributed by atoms with van der Waals surface area (Å²) in [4.78, 5) is 2.59. The van der Waals surface area contributed by atoms with Crippen molar-refractivity contribution in [2.45, 2.75) is 38.1 Å². The molecular weight excluding hydrogens is 264 g/mol. The van der Waals surface area contributed by atoms with E-state index in [1.807, 2.05) is 0 Å². The van der Waals surface area contributed by atoms with Gasteiger partial charge in [0.05, 0.1) is 19.3 Å². The van der Waals surface area contributed by atoms with Crippen molar-refractivity contribution in [1.29, 1.82) is 0 Å². The molecule has 4 heteroatoms. The van der Waals surface area contributed by atoms with Gasteiger partial charge in [-0.15, -0.1) is 0 Å². The molecule has 2 aliphatic heterocycles. The second-order valence-corrected chi connectivity index (χ2v) is 6.08. The third-order valence-electron chi connectivity index (χ3n) is 4.57. The van der Waals surface area contributed by atoms with Gasteiger partial charge in [-0.3, -0.25) is 4.90 Å². The van der Waals surface area contributed by atoms with Gasteiger partial charge in [-0.2, -0.15) is 0 Å². The number of methoxy groups -OCH3 is 1. The highest BCUT2D eigenvalue weighted by Gasteiger charge is 2.31. The Kier molecular flexibility index (Phi) is 5.25. The molecule has 1 aromatic rings. The van der Waals surface area contributed by atoms with Crippen molar-refractivity contribution in [1.82, 2.24) is 10.2 Å². The molecule has 2 saturated heterocycles. The highest BCUT2D eigenvalue weighted by molar-refractivity contribution is 5.26. The van der Waals surface area contributed by atoms with Crippen LogP contribution >= 0.6 is 0 Å². The molecule has 0 bridgehead atoms. The number of morpholine rings is 1. The van der Waals surface area contributed by atoms with E-state index in [0.29, 0.717) is 18.8 Å². The molecule has 0 aliphatic carbocycles. The summed E-state index contributed by atoms with van der Waals surface area (Å²) in [7, 11) is 1.74. The maximum Gasteiger partial charge on any atom is 0.0827 e. The molecule has 0 radical (unpaired) electrons. The van der Waals surface area contributed by atoms with E-state index in [2.05, 4.69) is 34.5 Å². The predicted octanol–water partition coefficient (Wildman–Crippen LogP) is 1.79. The molecule has 4 nitrogen and oxygen atoms in total. The summed E-state index contributed by atoms with van der Waals surface area (Å²) in [6.45, 7) is 5.71. The summed E-state index contributed by atoms with van der Waals surface area (Å²) < 4.78 is 11.2. The number of fused-ring (bicyclic) bond motifs is 1. The predicted molar refractivity (Wildman–Crippen MR) is 83.2 cm³/mol. The first-order valence-corrected chi connectivity index (χ1v) is 7.99. The Labute approximate surface area is 127 Å². The van der Waals surface area contributed by atoms with Gasteiger partial charge in [-0.1, -0.05) is 24.3 Å². The molecule has 2 fully saturated rings. The summed E-state index contributed by atoms with van der Waals surface area (Å²) in [5, 5.41) is 3.54. The van der Waals surface area contributed by atoms with Gasteiger partial charge in [0, 0.05) is 32.8 Å². The molecular formula is C17H26N2O2. The highest BCUT2D eigenvalue weighted by Crippen LogP contribution is 2.22. The SMILES string of the molecule is COCc1ccccc1CNCC1CN2CCCC2CO1. The first kappa shape index (κ1) is 15.0. The van der Waals surface area contributed by atoms with Crippen molar-refractivity contribution in [3.05, 3.63) is 35.4 Å². The maximum absolute atomic E-state index is 5.98. The quantitative estimate of drug-likeness (QED) is 0.866. The number of ether oxygens (including phenoxy) is 2. The van der Waals surface area contributed by atoms with Crippen LogP contribution in [0.3, 0.4) is 0 Å². The Hall–Kier alpha value is -0.940. The maximum atomic E-state index is 5.98. The Morgan fingerprint density at radius 3 is 3.05 bits per heavy atom. The number of nitrogens with one attached hydrogen (secondary N) is 1. The van der Waals surface area contributed by atoms with E-state index in [-0.39, 0.29) is 0 Å². The van der Waals surface area contributed by atoms with E-state index >= 15 is 0 Å². The molecule has 3 rings (SSSR count). The number of hydrogen-bond donors (Lipinski definition) is 1. The van der Waals surface area contributed by atoms with E-state index < -0.39 is 0 Å². The van der Waals surface area contributed by atoms with Gasteiger partial charge in [-0.25, -0.2) is 0 Å². The van der Waals surface area contributed by atoms with Gasteiger partial charge >= 0.3 is 0 Å². The van der Waals surface area contributed by atoms with Gasteiger partial charge in [0.2, 0.25) is 0 Å². The summed E-state index contributed by atoms with van der Waals surface area (Å²) in [5.74, 6) is 0. The van der Waals surface area contributed by atoms with E-state index in [0.717, 1.165) is 26.2 Å². The van der Waals surface area contributed by atoms with Crippen LogP contribution in [-0.4, -0.2) is 50.4 Å². The Balaban J connectivity index is 1.46. The minimum atomic E-state index is 0.328.